The average Bonchev–Trinajstić information content (AvgIpc) is 1.94. The number of nitrogens with zero attached hydrogens (tertiary/aromatic N) is 2. The van der Waals surface area contributed by atoms with Crippen LogP contribution in [0.15, 0.2) is 0 Å². The van der Waals surface area contributed by atoms with Gasteiger partial charge in [0.15, 0.2) is 0 Å². The van der Waals surface area contributed by atoms with Crippen molar-refractivity contribution in [3.63, 3.8) is 0 Å². The Balaban J connectivity index is 3.37. The molecule has 13 heavy (non-hydrogen) atoms. The van der Waals surface area contributed by atoms with Gasteiger partial charge in [-0.25, -0.2) is 9.97 Å². The van der Waals surface area contributed by atoms with Crippen LogP contribution in [0.5, 0.6) is 0 Å². The van der Waals surface area contributed by atoms with E-state index in [0.29, 0.717) is 5.82 Å². The van der Waals surface area contributed by atoms with Crippen LogP contribution in [0.3, 0.4) is 0 Å². The molecule has 0 aliphatic rings. The molecule has 1 aromatic rings. The van der Waals surface area contributed by atoms with Crippen LogP contribution in [0, 0.1) is 10.5 Å². The monoisotopic (exact) mass is 291 g/mol. The van der Waals surface area contributed by atoms with Crippen LogP contribution in [0.25, 0.3) is 0 Å². The smallest absolute Gasteiger partial charge is 0.140 e. The SMILES string of the molecule is Cc1nc(N)c(I)c(C(C)(C)C)n1. The molecule has 0 saturated heterocycles. The number of aromatic nitrogens is 2. The topological polar surface area (TPSA) is 51.8 Å². The van der Waals surface area contributed by atoms with E-state index < -0.39 is 0 Å². The quantitative estimate of drug-likeness (QED) is 0.746. The Morgan fingerprint density at radius 1 is 1.23 bits per heavy atom. The highest BCUT2D eigenvalue weighted by Gasteiger charge is 2.21. The first-order chi connectivity index (χ1) is 5.82. The van der Waals surface area contributed by atoms with E-state index in [9.17, 15) is 0 Å². The van der Waals surface area contributed by atoms with Crippen molar-refractivity contribution in [3.05, 3.63) is 15.1 Å². The minimum atomic E-state index is 0.0261. The molecule has 0 spiro atoms. The summed E-state index contributed by atoms with van der Waals surface area (Å²) in [5.41, 5.74) is 6.81. The number of nitrogens with two attached hydrogens (primary N) is 1. The molecule has 0 unspecified atom stereocenters. The molecular weight excluding hydrogens is 277 g/mol. The normalized spacial score (nSPS) is 11.8. The van der Waals surface area contributed by atoms with E-state index >= 15 is 0 Å². The van der Waals surface area contributed by atoms with Crippen molar-refractivity contribution < 1.29 is 0 Å². The molecule has 72 valence electrons. The van der Waals surface area contributed by atoms with Crippen LogP contribution >= 0.6 is 22.6 Å². The van der Waals surface area contributed by atoms with Gasteiger partial charge in [0.2, 0.25) is 0 Å². The van der Waals surface area contributed by atoms with Gasteiger partial charge in [-0.15, -0.1) is 0 Å². The highest BCUT2D eigenvalue weighted by Crippen LogP contribution is 2.27. The summed E-state index contributed by atoms with van der Waals surface area (Å²) < 4.78 is 0.968. The van der Waals surface area contributed by atoms with Gasteiger partial charge in [-0.1, -0.05) is 20.8 Å². The third kappa shape index (κ3) is 2.30. The lowest BCUT2D eigenvalue weighted by atomic mass is 9.92. The Labute approximate surface area is 92.3 Å². The first-order valence-corrected chi connectivity index (χ1v) is 5.20. The molecule has 0 atom stereocenters. The van der Waals surface area contributed by atoms with E-state index in [1.807, 2.05) is 6.92 Å². The third-order valence-electron chi connectivity index (χ3n) is 1.70. The fourth-order valence-corrected chi connectivity index (χ4v) is 2.13. The first-order valence-electron chi connectivity index (χ1n) is 4.12. The predicted octanol–water partition coefficient (Wildman–Crippen LogP) is 2.27. The van der Waals surface area contributed by atoms with E-state index in [-0.39, 0.29) is 5.41 Å². The Morgan fingerprint density at radius 3 is 2.23 bits per heavy atom. The number of halogens is 1. The molecule has 0 fully saturated rings. The summed E-state index contributed by atoms with van der Waals surface area (Å²) in [5, 5.41) is 0. The summed E-state index contributed by atoms with van der Waals surface area (Å²) in [5.74, 6) is 1.32. The average molecular weight is 291 g/mol. The molecular formula is C9H14IN3. The molecule has 1 heterocycles. The van der Waals surface area contributed by atoms with E-state index in [4.69, 9.17) is 5.73 Å². The maximum atomic E-state index is 5.76. The minimum Gasteiger partial charge on any atom is -0.383 e. The third-order valence-corrected chi connectivity index (χ3v) is 2.76. The Hall–Kier alpha value is -0.390. The van der Waals surface area contributed by atoms with Gasteiger partial charge in [-0.3, -0.25) is 0 Å². The molecule has 0 radical (unpaired) electrons. The summed E-state index contributed by atoms with van der Waals surface area (Å²) in [7, 11) is 0. The lowest BCUT2D eigenvalue weighted by molar-refractivity contribution is 0.560. The number of aryl methyl sites for hydroxylation is 1. The van der Waals surface area contributed by atoms with Gasteiger partial charge in [0.05, 0.1) is 9.26 Å². The minimum absolute atomic E-state index is 0.0261. The van der Waals surface area contributed by atoms with Crippen molar-refractivity contribution >= 4 is 28.4 Å². The second-order valence-corrected chi connectivity index (χ2v) is 5.15. The lowest BCUT2D eigenvalue weighted by Crippen LogP contribution is -2.18. The zero-order valence-electron chi connectivity index (χ0n) is 8.35. The molecule has 4 heteroatoms. The zero-order chi connectivity index (χ0) is 10.2. The van der Waals surface area contributed by atoms with Gasteiger partial charge >= 0.3 is 0 Å². The lowest BCUT2D eigenvalue weighted by Gasteiger charge is -2.20. The van der Waals surface area contributed by atoms with Crippen LogP contribution in [0.4, 0.5) is 5.82 Å². The predicted molar refractivity (Wildman–Crippen MR) is 62.6 cm³/mol. The summed E-state index contributed by atoms with van der Waals surface area (Å²) in [6.07, 6.45) is 0. The molecule has 0 aromatic carbocycles. The molecule has 2 N–H and O–H groups in total. The highest BCUT2D eigenvalue weighted by molar-refractivity contribution is 14.1. The first kappa shape index (κ1) is 10.7. The fourth-order valence-electron chi connectivity index (χ4n) is 1.08. The van der Waals surface area contributed by atoms with Gasteiger partial charge < -0.3 is 5.73 Å². The van der Waals surface area contributed by atoms with Crippen molar-refractivity contribution in [1.29, 1.82) is 0 Å². The van der Waals surface area contributed by atoms with Crippen LogP contribution in [-0.4, -0.2) is 9.97 Å². The molecule has 1 aromatic heterocycles. The van der Waals surface area contributed by atoms with E-state index in [0.717, 1.165) is 15.1 Å². The van der Waals surface area contributed by atoms with Crippen molar-refractivity contribution in [2.75, 3.05) is 5.73 Å². The maximum Gasteiger partial charge on any atom is 0.140 e. The van der Waals surface area contributed by atoms with Crippen molar-refractivity contribution in [2.45, 2.75) is 33.1 Å². The van der Waals surface area contributed by atoms with Gasteiger partial charge in [0, 0.05) is 5.41 Å². The Morgan fingerprint density at radius 2 is 1.77 bits per heavy atom. The van der Waals surface area contributed by atoms with Crippen LogP contribution in [-0.2, 0) is 5.41 Å². The highest BCUT2D eigenvalue weighted by atomic mass is 127. The van der Waals surface area contributed by atoms with Crippen molar-refractivity contribution in [1.82, 2.24) is 9.97 Å². The van der Waals surface area contributed by atoms with Crippen LogP contribution < -0.4 is 5.73 Å². The number of anilines is 1. The second kappa shape index (κ2) is 3.40. The van der Waals surface area contributed by atoms with E-state index in [2.05, 4.69) is 53.3 Å². The van der Waals surface area contributed by atoms with Crippen molar-refractivity contribution in [3.8, 4) is 0 Å². The zero-order valence-corrected chi connectivity index (χ0v) is 10.5. The standard InChI is InChI=1S/C9H14IN3/c1-5-12-7(9(2,3)4)6(10)8(11)13-5/h1-4H3,(H2,11,12,13). The Bertz CT molecular complexity index is 328. The van der Waals surface area contributed by atoms with Crippen LogP contribution in [0.1, 0.15) is 32.3 Å². The van der Waals surface area contributed by atoms with Crippen LogP contribution in [0.2, 0.25) is 0 Å². The fraction of sp³-hybridized carbons (Fsp3) is 0.556. The van der Waals surface area contributed by atoms with Crippen molar-refractivity contribution in [2.24, 2.45) is 0 Å². The Kier molecular flexibility index (Phi) is 2.79. The molecule has 0 aliphatic carbocycles. The number of rotatable bonds is 0. The molecule has 3 nitrogen and oxygen atoms in total. The summed E-state index contributed by atoms with van der Waals surface area (Å²) >= 11 is 2.20. The summed E-state index contributed by atoms with van der Waals surface area (Å²) in [4.78, 5) is 8.51. The number of hydrogen-bond acceptors (Lipinski definition) is 3. The molecule has 0 bridgehead atoms. The second-order valence-electron chi connectivity index (χ2n) is 4.07. The maximum absolute atomic E-state index is 5.76. The van der Waals surface area contributed by atoms with Gasteiger partial charge in [0.25, 0.3) is 0 Å². The number of nitrogen functional groups attached to an aromatic ring is 1. The largest absolute Gasteiger partial charge is 0.383 e. The summed E-state index contributed by atoms with van der Waals surface area (Å²) in [6, 6.07) is 0. The van der Waals surface area contributed by atoms with E-state index in [1.54, 1.807) is 0 Å². The van der Waals surface area contributed by atoms with Gasteiger partial charge in [0.1, 0.15) is 11.6 Å². The molecule has 0 saturated carbocycles. The number of hydrogen-bond donors (Lipinski definition) is 1. The molecule has 0 amide bonds. The molecule has 1 rings (SSSR count). The molecule has 0 aliphatic heterocycles. The van der Waals surface area contributed by atoms with E-state index in [1.165, 1.54) is 0 Å². The van der Waals surface area contributed by atoms with Gasteiger partial charge in [-0.2, -0.15) is 0 Å². The van der Waals surface area contributed by atoms with Gasteiger partial charge in [-0.05, 0) is 29.5 Å². The summed E-state index contributed by atoms with van der Waals surface area (Å²) in [6.45, 7) is 8.23.